The van der Waals surface area contributed by atoms with Crippen LogP contribution in [0.15, 0.2) is 94.5 Å². The molecule has 0 unspecified atom stereocenters. The largest absolute Gasteiger partial charge is 0.331 e. The molecule has 1 aliphatic rings. The van der Waals surface area contributed by atoms with Crippen LogP contribution in [0.1, 0.15) is 23.6 Å². The second-order valence-electron chi connectivity index (χ2n) is 6.32. The Bertz CT molecular complexity index is 956. The van der Waals surface area contributed by atoms with E-state index in [1.807, 2.05) is 53.5 Å². The van der Waals surface area contributed by atoms with Crippen molar-refractivity contribution in [2.75, 3.05) is 5.32 Å². The summed E-state index contributed by atoms with van der Waals surface area (Å²) in [5, 5.41) is 10.7. The number of para-hydroxylation sites is 1. The van der Waals surface area contributed by atoms with Crippen LogP contribution in [0.25, 0.3) is 0 Å². The SMILES string of the molecule is S=C(Nc1ccccc1)N1N=C(c2ccccc2)C[C@@H]1c1ccc(Br)cc1. The summed E-state index contributed by atoms with van der Waals surface area (Å²) in [4.78, 5) is 0. The van der Waals surface area contributed by atoms with Gasteiger partial charge in [-0.1, -0.05) is 76.6 Å². The van der Waals surface area contributed by atoms with Crippen molar-refractivity contribution in [3.8, 4) is 0 Å². The van der Waals surface area contributed by atoms with E-state index in [9.17, 15) is 0 Å². The molecule has 0 spiro atoms. The monoisotopic (exact) mass is 435 g/mol. The molecule has 5 heteroatoms. The highest BCUT2D eigenvalue weighted by Crippen LogP contribution is 2.33. The minimum Gasteiger partial charge on any atom is -0.331 e. The number of hydrogen-bond donors (Lipinski definition) is 1. The van der Waals surface area contributed by atoms with E-state index in [4.69, 9.17) is 17.3 Å². The summed E-state index contributed by atoms with van der Waals surface area (Å²) in [5.74, 6) is 0. The second-order valence-corrected chi connectivity index (χ2v) is 7.63. The van der Waals surface area contributed by atoms with Crippen molar-refractivity contribution in [3.63, 3.8) is 0 Å². The summed E-state index contributed by atoms with van der Waals surface area (Å²) < 4.78 is 1.06. The lowest BCUT2D eigenvalue weighted by atomic mass is 9.99. The van der Waals surface area contributed by atoms with Gasteiger partial charge >= 0.3 is 0 Å². The molecular weight excluding hydrogens is 418 g/mol. The number of anilines is 1. The number of halogens is 1. The van der Waals surface area contributed by atoms with Gasteiger partial charge in [-0.3, -0.25) is 0 Å². The molecule has 3 aromatic carbocycles. The fourth-order valence-corrected chi connectivity index (χ4v) is 3.70. The molecule has 134 valence electrons. The van der Waals surface area contributed by atoms with Gasteiger partial charge in [0.2, 0.25) is 0 Å². The van der Waals surface area contributed by atoms with Gasteiger partial charge < -0.3 is 5.32 Å². The van der Waals surface area contributed by atoms with Crippen molar-refractivity contribution in [2.45, 2.75) is 12.5 Å². The Labute approximate surface area is 172 Å². The summed E-state index contributed by atoms with van der Waals surface area (Å²) in [6, 6.07) is 28.7. The normalized spacial score (nSPS) is 16.1. The molecule has 0 amide bonds. The first-order valence-electron chi connectivity index (χ1n) is 8.74. The lowest BCUT2D eigenvalue weighted by Gasteiger charge is -2.25. The molecule has 0 saturated heterocycles. The van der Waals surface area contributed by atoms with Crippen molar-refractivity contribution in [3.05, 3.63) is 101 Å². The van der Waals surface area contributed by atoms with E-state index in [-0.39, 0.29) is 6.04 Å². The first kappa shape index (κ1) is 17.9. The van der Waals surface area contributed by atoms with Gasteiger partial charge in [0.05, 0.1) is 11.8 Å². The second kappa shape index (κ2) is 8.03. The number of nitrogens with one attached hydrogen (secondary N) is 1. The molecule has 1 heterocycles. The summed E-state index contributed by atoms with van der Waals surface area (Å²) in [6.45, 7) is 0. The molecule has 0 bridgehead atoms. The minimum atomic E-state index is 0.0667. The molecule has 3 nitrogen and oxygen atoms in total. The van der Waals surface area contributed by atoms with Gasteiger partial charge in [0, 0.05) is 16.6 Å². The van der Waals surface area contributed by atoms with E-state index in [0.717, 1.165) is 27.9 Å². The third-order valence-electron chi connectivity index (χ3n) is 4.51. The molecule has 27 heavy (non-hydrogen) atoms. The van der Waals surface area contributed by atoms with Gasteiger partial charge in [-0.15, -0.1) is 0 Å². The Morgan fingerprint density at radius 1 is 0.926 bits per heavy atom. The lowest BCUT2D eigenvalue weighted by Crippen LogP contribution is -2.31. The minimum absolute atomic E-state index is 0.0667. The van der Waals surface area contributed by atoms with Crippen LogP contribution in [0.3, 0.4) is 0 Å². The summed E-state index contributed by atoms with van der Waals surface area (Å²) in [5.41, 5.74) is 4.32. The maximum absolute atomic E-state index is 5.70. The Kier molecular flexibility index (Phi) is 5.32. The van der Waals surface area contributed by atoms with E-state index in [1.54, 1.807) is 0 Å². The summed E-state index contributed by atoms with van der Waals surface area (Å²) in [7, 11) is 0. The first-order valence-corrected chi connectivity index (χ1v) is 9.94. The molecule has 3 aromatic rings. The van der Waals surface area contributed by atoms with Crippen LogP contribution < -0.4 is 5.32 Å². The van der Waals surface area contributed by atoms with Crippen LogP contribution in [-0.2, 0) is 0 Å². The lowest BCUT2D eigenvalue weighted by molar-refractivity contribution is 0.375. The summed E-state index contributed by atoms with van der Waals surface area (Å²) >= 11 is 9.21. The third kappa shape index (κ3) is 4.10. The van der Waals surface area contributed by atoms with E-state index in [0.29, 0.717) is 5.11 Å². The third-order valence-corrected chi connectivity index (χ3v) is 5.32. The zero-order valence-electron chi connectivity index (χ0n) is 14.5. The quantitative estimate of drug-likeness (QED) is 0.511. The van der Waals surface area contributed by atoms with E-state index < -0.39 is 0 Å². The van der Waals surface area contributed by atoms with Crippen LogP contribution in [0.2, 0.25) is 0 Å². The van der Waals surface area contributed by atoms with Crippen LogP contribution in [0.4, 0.5) is 5.69 Å². The Morgan fingerprint density at radius 2 is 1.56 bits per heavy atom. The zero-order chi connectivity index (χ0) is 18.6. The van der Waals surface area contributed by atoms with Gasteiger partial charge in [-0.2, -0.15) is 5.10 Å². The molecule has 1 N–H and O–H groups in total. The Morgan fingerprint density at radius 3 is 2.22 bits per heavy atom. The molecule has 0 aromatic heterocycles. The average Bonchev–Trinajstić information content (AvgIpc) is 3.16. The van der Waals surface area contributed by atoms with Gasteiger partial charge in [0.1, 0.15) is 0 Å². The molecule has 0 aliphatic carbocycles. The topological polar surface area (TPSA) is 27.6 Å². The van der Waals surface area contributed by atoms with Gasteiger partial charge in [0.25, 0.3) is 0 Å². The van der Waals surface area contributed by atoms with Crippen LogP contribution >= 0.6 is 28.1 Å². The standard InChI is InChI=1S/C22H18BrN3S/c23-18-13-11-17(12-14-18)21-15-20(16-7-3-1-4-8-16)25-26(21)22(27)24-19-9-5-2-6-10-19/h1-14,21H,15H2,(H,24,27)/t21-/m1/s1. The highest BCUT2D eigenvalue weighted by atomic mass is 79.9. The highest BCUT2D eigenvalue weighted by Gasteiger charge is 2.31. The van der Waals surface area contributed by atoms with Crippen molar-refractivity contribution in [2.24, 2.45) is 5.10 Å². The van der Waals surface area contributed by atoms with Crippen molar-refractivity contribution < 1.29 is 0 Å². The fraction of sp³-hybridized carbons (Fsp3) is 0.0909. The maximum Gasteiger partial charge on any atom is 0.194 e. The van der Waals surface area contributed by atoms with Crippen molar-refractivity contribution >= 4 is 44.7 Å². The molecule has 0 radical (unpaired) electrons. The Balaban J connectivity index is 1.65. The van der Waals surface area contributed by atoms with Crippen LogP contribution in [0.5, 0.6) is 0 Å². The number of nitrogens with zero attached hydrogens (tertiary/aromatic N) is 2. The highest BCUT2D eigenvalue weighted by molar-refractivity contribution is 9.10. The van der Waals surface area contributed by atoms with Gasteiger partial charge in [0.15, 0.2) is 5.11 Å². The molecule has 1 aliphatic heterocycles. The van der Waals surface area contributed by atoms with Gasteiger partial charge in [-0.25, -0.2) is 5.01 Å². The first-order chi connectivity index (χ1) is 13.2. The van der Waals surface area contributed by atoms with E-state index >= 15 is 0 Å². The summed E-state index contributed by atoms with van der Waals surface area (Å²) in [6.07, 6.45) is 0.808. The van der Waals surface area contributed by atoms with Crippen molar-refractivity contribution in [1.82, 2.24) is 5.01 Å². The number of benzene rings is 3. The number of hydrogen-bond acceptors (Lipinski definition) is 2. The maximum atomic E-state index is 5.70. The van der Waals surface area contributed by atoms with Gasteiger partial charge in [-0.05, 0) is 47.6 Å². The number of thiocarbonyl (C=S) groups is 1. The molecular formula is C22H18BrN3S. The van der Waals surface area contributed by atoms with E-state index in [2.05, 4.69) is 57.6 Å². The van der Waals surface area contributed by atoms with Crippen LogP contribution in [0, 0.1) is 0 Å². The van der Waals surface area contributed by atoms with E-state index in [1.165, 1.54) is 5.56 Å². The molecule has 1 atom stereocenters. The molecule has 0 saturated carbocycles. The number of rotatable bonds is 3. The molecule has 4 rings (SSSR count). The zero-order valence-corrected chi connectivity index (χ0v) is 17.0. The predicted octanol–water partition coefficient (Wildman–Crippen LogP) is 6.00. The fourth-order valence-electron chi connectivity index (χ4n) is 3.15. The average molecular weight is 436 g/mol. The van der Waals surface area contributed by atoms with Crippen LogP contribution in [-0.4, -0.2) is 15.8 Å². The smallest absolute Gasteiger partial charge is 0.194 e. The van der Waals surface area contributed by atoms with Crippen molar-refractivity contribution in [1.29, 1.82) is 0 Å². The number of hydrazone groups is 1. The Hall–Kier alpha value is -2.50. The predicted molar refractivity (Wildman–Crippen MR) is 119 cm³/mol. The molecule has 0 fully saturated rings.